The summed E-state index contributed by atoms with van der Waals surface area (Å²) in [6.45, 7) is 5.16. The van der Waals surface area contributed by atoms with Crippen molar-refractivity contribution < 1.29 is 0 Å². The van der Waals surface area contributed by atoms with Crippen molar-refractivity contribution in [3.05, 3.63) is 51.1 Å². The van der Waals surface area contributed by atoms with Crippen LogP contribution < -0.4 is 5.32 Å². The van der Waals surface area contributed by atoms with Gasteiger partial charge in [0.15, 0.2) is 0 Å². The van der Waals surface area contributed by atoms with E-state index in [0.717, 1.165) is 36.0 Å². The lowest BCUT2D eigenvalue weighted by Crippen LogP contribution is -2.09. The van der Waals surface area contributed by atoms with Gasteiger partial charge in [-0.3, -0.25) is 0 Å². The molecule has 1 N–H and O–H groups in total. The van der Waals surface area contributed by atoms with E-state index in [0.29, 0.717) is 5.28 Å². The number of thiophene rings is 1. The van der Waals surface area contributed by atoms with E-state index in [-0.39, 0.29) is 0 Å². The Hall–Kier alpha value is -1.65. The predicted octanol–water partition coefficient (Wildman–Crippen LogP) is 5.39. The van der Waals surface area contributed by atoms with Crippen molar-refractivity contribution in [2.45, 2.75) is 39.7 Å². The first-order valence-electron chi connectivity index (χ1n) is 8.37. The number of hydrogen-bond acceptors (Lipinski definition) is 4. The first kappa shape index (κ1) is 15.9. The van der Waals surface area contributed by atoms with Gasteiger partial charge in [0.2, 0.25) is 5.28 Å². The molecule has 4 rings (SSSR count). The van der Waals surface area contributed by atoms with Gasteiger partial charge in [0, 0.05) is 11.4 Å². The van der Waals surface area contributed by atoms with Crippen molar-refractivity contribution in [2.75, 3.05) is 5.32 Å². The predicted molar refractivity (Wildman–Crippen MR) is 102 cm³/mol. The van der Waals surface area contributed by atoms with E-state index < -0.39 is 0 Å². The molecule has 24 heavy (non-hydrogen) atoms. The average Bonchev–Trinajstić information content (AvgIpc) is 2.90. The Balaban J connectivity index is 1.70. The third-order valence-electron chi connectivity index (χ3n) is 4.71. The molecule has 1 atom stereocenters. The summed E-state index contributed by atoms with van der Waals surface area (Å²) in [5, 5.41) is 4.98. The highest BCUT2D eigenvalue weighted by Gasteiger charge is 2.23. The Morgan fingerprint density at radius 1 is 1.25 bits per heavy atom. The maximum absolute atomic E-state index is 6.16. The molecule has 0 radical (unpaired) electrons. The molecule has 0 aliphatic heterocycles. The number of anilines is 1. The van der Waals surface area contributed by atoms with Gasteiger partial charge in [0.05, 0.1) is 5.39 Å². The van der Waals surface area contributed by atoms with Gasteiger partial charge in [-0.2, -0.15) is 0 Å². The second-order valence-corrected chi connectivity index (χ2v) is 8.13. The van der Waals surface area contributed by atoms with Crippen molar-refractivity contribution in [3.63, 3.8) is 0 Å². The number of halogens is 1. The molecule has 1 aliphatic rings. The third kappa shape index (κ3) is 3.01. The van der Waals surface area contributed by atoms with Gasteiger partial charge in [-0.15, -0.1) is 11.3 Å². The Morgan fingerprint density at radius 2 is 2.04 bits per heavy atom. The molecule has 1 aliphatic carbocycles. The minimum absolute atomic E-state index is 0.320. The number of nitrogens with one attached hydrogen (secondary N) is 1. The third-order valence-corrected chi connectivity index (χ3v) is 6.03. The number of hydrogen-bond donors (Lipinski definition) is 1. The zero-order chi connectivity index (χ0) is 16.7. The second kappa shape index (κ2) is 6.34. The minimum atomic E-state index is 0.320. The van der Waals surface area contributed by atoms with E-state index >= 15 is 0 Å². The summed E-state index contributed by atoms with van der Waals surface area (Å²) >= 11 is 7.94. The second-order valence-electron chi connectivity index (χ2n) is 6.71. The van der Waals surface area contributed by atoms with Crippen LogP contribution in [0.1, 0.15) is 34.9 Å². The van der Waals surface area contributed by atoms with Crippen LogP contribution in [0.2, 0.25) is 5.28 Å². The van der Waals surface area contributed by atoms with Crippen molar-refractivity contribution in [3.8, 4) is 0 Å². The topological polar surface area (TPSA) is 37.8 Å². The van der Waals surface area contributed by atoms with Gasteiger partial charge in [-0.1, -0.05) is 36.8 Å². The van der Waals surface area contributed by atoms with E-state index in [2.05, 4.69) is 53.4 Å². The fourth-order valence-corrected chi connectivity index (χ4v) is 4.94. The summed E-state index contributed by atoms with van der Waals surface area (Å²) in [6, 6.07) is 8.56. The maximum atomic E-state index is 6.16. The van der Waals surface area contributed by atoms with Crippen LogP contribution in [-0.4, -0.2) is 9.97 Å². The quantitative estimate of drug-likeness (QED) is 0.638. The molecule has 124 valence electrons. The summed E-state index contributed by atoms with van der Waals surface area (Å²) in [5.74, 6) is 1.62. The SMILES string of the molecule is Cc1ccc(CNc2nc(Cl)nc3sc4c(c23)CCC(C)C4)cc1. The van der Waals surface area contributed by atoms with Crippen molar-refractivity contribution in [2.24, 2.45) is 5.92 Å². The van der Waals surface area contributed by atoms with Crippen molar-refractivity contribution in [1.29, 1.82) is 0 Å². The van der Waals surface area contributed by atoms with Gasteiger partial charge in [-0.05, 0) is 54.8 Å². The van der Waals surface area contributed by atoms with Crippen LogP contribution in [0, 0.1) is 12.8 Å². The largest absolute Gasteiger partial charge is 0.365 e. The summed E-state index contributed by atoms with van der Waals surface area (Å²) in [6.07, 6.45) is 3.49. The molecule has 1 unspecified atom stereocenters. The zero-order valence-corrected chi connectivity index (χ0v) is 15.5. The lowest BCUT2D eigenvalue weighted by molar-refractivity contribution is 0.509. The number of aryl methyl sites for hydroxylation is 2. The van der Waals surface area contributed by atoms with Crippen LogP contribution in [0.4, 0.5) is 5.82 Å². The lowest BCUT2D eigenvalue weighted by atomic mass is 9.89. The average molecular weight is 358 g/mol. The fraction of sp³-hybridized carbons (Fsp3) is 0.368. The molecule has 2 aromatic heterocycles. The van der Waals surface area contributed by atoms with Crippen LogP contribution in [0.5, 0.6) is 0 Å². The highest BCUT2D eigenvalue weighted by molar-refractivity contribution is 7.19. The molecule has 2 heterocycles. The fourth-order valence-electron chi connectivity index (χ4n) is 3.34. The van der Waals surface area contributed by atoms with Gasteiger partial charge in [0.1, 0.15) is 10.6 Å². The van der Waals surface area contributed by atoms with Crippen LogP contribution >= 0.6 is 22.9 Å². The highest BCUT2D eigenvalue weighted by Crippen LogP contribution is 2.40. The molecule has 3 nitrogen and oxygen atoms in total. The molecule has 0 saturated heterocycles. The van der Waals surface area contributed by atoms with Gasteiger partial charge >= 0.3 is 0 Å². The first-order chi connectivity index (χ1) is 11.6. The molecule has 1 aromatic carbocycles. The first-order valence-corrected chi connectivity index (χ1v) is 9.57. The molecule has 3 aromatic rings. The molecule has 0 amide bonds. The number of rotatable bonds is 3. The molecular formula is C19H20ClN3S. The Labute approximate surface area is 151 Å². The molecule has 0 fully saturated rings. The zero-order valence-electron chi connectivity index (χ0n) is 13.9. The lowest BCUT2D eigenvalue weighted by Gasteiger charge is -2.18. The monoisotopic (exact) mass is 357 g/mol. The number of fused-ring (bicyclic) bond motifs is 3. The molecule has 5 heteroatoms. The Bertz CT molecular complexity index is 886. The molecular weight excluding hydrogens is 338 g/mol. The smallest absolute Gasteiger partial charge is 0.225 e. The summed E-state index contributed by atoms with van der Waals surface area (Å²) in [7, 11) is 0. The van der Waals surface area contributed by atoms with Crippen LogP contribution in [0.15, 0.2) is 24.3 Å². The molecule has 0 spiro atoms. The summed E-state index contributed by atoms with van der Waals surface area (Å²) in [4.78, 5) is 11.4. The van der Waals surface area contributed by atoms with Crippen LogP contribution in [-0.2, 0) is 19.4 Å². The Morgan fingerprint density at radius 3 is 2.83 bits per heavy atom. The summed E-state index contributed by atoms with van der Waals surface area (Å²) in [5.41, 5.74) is 3.93. The normalized spacial score (nSPS) is 17.0. The van der Waals surface area contributed by atoms with Crippen molar-refractivity contribution >= 4 is 39.0 Å². The van der Waals surface area contributed by atoms with Crippen molar-refractivity contribution in [1.82, 2.24) is 9.97 Å². The number of nitrogens with zero attached hydrogens (tertiary/aromatic N) is 2. The number of benzene rings is 1. The maximum Gasteiger partial charge on any atom is 0.225 e. The van der Waals surface area contributed by atoms with Gasteiger partial charge in [-0.25, -0.2) is 9.97 Å². The van der Waals surface area contributed by atoms with Crippen LogP contribution in [0.25, 0.3) is 10.2 Å². The highest BCUT2D eigenvalue weighted by atomic mass is 35.5. The van der Waals surface area contributed by atoms with Gasteiger partial charge in [0.25, 0.3) is 0 Å². The van der Waals surface area contributed by atoms with E-state index in [9.17, 15) is 0 Å². The standard InChI is InChI=1S/C19H20ClN3S/c1-11-3-6-13(7-4-11)10-21-17-16-14-8-5-12(2)9-15(14)24-18(16)23-19(20)22-17/h3-4,6-7,12H,5,8-10H2,1-2H3,(H,21,22,23). The van der Waals surface area contributed by atoms with E-state index in [1.165, 1.54) is 33.4 Å². The molecule has 0 bridgehead atoms. The van der Waals surface area contributed by atoms with Gasteiger partial charge < -0.3 is 5.32 Å². The number of aromatic nitrogens is 2. The summed E-state index contributed by atoms with van der Waals surface area (Å²) < 4.78 is 0. The Kier molecular flexibility index (Phi) is 4.19. The van der Waals surface area contributed by atoms with E-state index in [4.69, 9.17) is 11.6 Å². The van der Waals surface area contributed by atoms with E-state index in [1.807, 2.05) is 0 Å². The minimum Gasteiger partial charge on any atom is -0.365 e. The van der Waals surface area contributed by atoms with Crippen LogP contribution in [0.3, 0.4) is 0 Å². The molecule has 0 saturated carbocycles. The van der Waals surface area contributed by atoms with E-state index in [1.54, 1.807) is 11.3 Å².